The third-order valence-electron chi connectivity index (χ3n) is 2.11. The standard InChI is InChI=1S/C8H12N6O/c1-5(7-3-9-13-11-7)15-6(2)8-4-10-14-12-8/h3-6H,1-2H3,(H,9,11,13)(H,10,12,14). The smallest absolute Gasteiger partial charge is 0.111 e. The first kappa shape index (κ1) is 9.78. The van der Waals surface area contributed by atoms with Crippen molar-refractivity contribution < 1.29 is 4.74 Å². The summed E-state index contributed by atoms with van der Waals surface area (Å²) >= 11 is 0. The van der Waals surface area contributed by atoms with E-state index in [2.05, 4.69) is 30.8 Å². The fraction of sp³-hybridized carbons (Fsp3) is 0.500. The molecule has 0 amide bonds. The van der Waals surface area contributed by atoms with Crippen LogP contribution in [0, 0.1) is 0 Å². The highest BCUT2D eigenvalue weighted by Crippen LogP contribution is 2.22. The average Bonchev–Trinajstić information content (AvgIpc) is 2.91. The van der Waals surface area contributed by atoms with Gasteiger partial charge < -0.3 is 4.74 Å². The van der Waals surface area contributed by atoms with Gasteiger partial charge in [0.1, 0.15) is 23.6 Å². The van der Waals surface area contributed by atoms with E-state index in [0.29, 0.717) is 0 Å². The summed E-state index contributed by atoms with van der Waals surface area (Å²) in [7, 11) is 0. The summed E-state index contributed by atoms with van der Waals surface area (Å²) in [6.07, 6.45) is 3.16. The molecule has 7 heteroatoms. The van der Waals surface area contributed by atoms with Crippen LogP contribution in [0.5, 0.6) is 0 Å². The molecule has 2 aromatic heterocycles. The van der Waals surface area contributed by atoms with Crippen LogP contribution in [-0.2, 0) is 4.74 Å². The zero-order valence-corrected chi connectivity index (χ0v) is 8.51. The number of aromatic nitrogens is 6. The van der Waals surface area contributed by atoms with Gasteiger partial charge in [0.15, 0.2) is 0 Å². The van der Waals surface area contributed by atoms with Gasteiger partial charge in [-0.05, 0) is 13.8 Å². The second kappa shape index (κ2) is 4.18. The maximum atomic E-state index is 5.69. The Bertz CT molecular complexity index is 345. The van der Waals surface area contributed by atoms with E-state index in [1.807, 2.05) is 13.8 Å². The van der Waals surface area contributed by atoms with Gasteiger partial charge in [0.25, 0.3) is 0 Å². The van der Waals surface area contributed by atoms with Crippen molar-refractivity contribution in [3.05, 3.63) is 23.8 Å². The number of aromatic amines is 2. The molecule has 2 unspecified atom stereocenters. The van der Waals surface area contributed by atoms with Gasteiger partial charge in [-0.2, -0.15) is 0 Å². The van der Waals surface area contributed by atoms with Crippen LogP contribution < -0.4 is 0 Å². The molecule has 0 aliphatic heterocycles. The highest BCUT2D eigenvalue weighted by molar-refractivity contribution is 4.98. The SMILES string of the molecule is CC(OC(C)c1c[nH]nn1)c1c[nH]nn1. The molecule has 2 atom stereocenters. The summed E-state index contributed by atoms with van der Waals surface area (Å²) in [4.78, 5) is 0. The molecule has 2 rings (SSSR count). The minimum atomic E-state index is -0.129. The molecular formula is C8H12N6O. The Morgan fingerprint density at radius 2 is 1.47 bits per heavy atom. The van der Waals surface area contributed by atoms with E-state index in [-0.39, 0.29) is 12.2 Å². The number of H-pyrrole nitrogens is 2. The van der Waals surface area contributed by atoms with E-state index in [1.165, 1.54) is 0 Å². The molecule has 0 aliphatic rings. The topological polar surface area (TPSA) is 92.4 Å². The van der Waals surface area contributed by atoms with E-state index in [1.54, 1.807) is 12.4 Å². The summed E-state index contributed by atoms with van der Waals surface area (Å²) in [6.45, 7) is 3.82. The summed E-state index contributed by atoms with van der Waals surface area (Å²) < 4.78 is 5.69. The Balaban J connectivity index is 1.98. The van der Waals surface area contributed by atoms with E-state index in [4.69, 9.17) is 4.74 Å². The minimum Gasteiger partial charge on any atom is -0.363 e. The first-order valence-corrected chi connectivity index (χ1v) is 4.65. The van der Waals surface area contributed by atoms with Gasteiger partial charge in [0.2, 0.25) is 0 Å². The first-order valence-electron chi connectivity index (χ1n) is 4.65. The molecule has 15 heavy (non-hydrogen) atoms. The van der Waals surface area contributed by atoms with Gasteiger partial charge in [-0.15, -0.1) is 10.2 Å². The van der Waals surface area contributed by atoms with E-state index in [0.717, 1.165) is 11.4 Å². The molecule has 0 saturated heterocycles. The van der Waals surface area contributed by atoms with Crippen molar-refractivity contribution in [2.75, 3.05) is 0 Å². The van der Waals surface area contributed by atoms with Crippen LogP contribution in [-0.4, -0.2) is 30.8 Å². The van der Waals surface area contributed by atoms with E-state index < -0.39 is 0 Å². The number of nitrogens with zero attached hydrogens (tertiary/aromatic N) is 4. The molecule has 0 aliphatic carbocycles. The largest absolute Gasteiger partial charge is 0.363 e. The lowest BCUT2D eigenvalue weighted by Gasteiger charge is -2.14. The fourth-order valence-electron chi connectivity index (χ4n) is 1.26. The third-order valence-corrected chi connectivity index (χ3v) is 2.11. The Morgan fingerprint density at radius 3 is 1.80 bits per heavy atom. The normalized spacial score (nSPS) is 15.1. The van der Waals surface area contributed by atoms with Crippen molar-refractivity contribution in [1.29, 1.82) is 0 Å². The van der Waals surface area contributed by atoms with Gasteiger partial charge in [-0.3, -0.25) is 10.2 Å². The number of hydrogen-bond acceptors (Lipinski definition) is 5. The van der Waals surface area contributed by atoms with Crippen LogP contribution in [0.3, 0.4) is 0 Å². The van der Waals surface area contributed by atoms with Crippen molar-refractivity contribution in [1.82, 2.24) is 30.8 Å². The highest BCUT2D eigenvalue weighted by atomic mass is 16.5. The minimum absolute atomic E-state index is 0.129. The molecular weight excluding hydrogens is 196 g/mol. The fourth-order valence-corrected chi connectivity index (χ4v) is 1.26. The summed E-state index contributed by atoms with van der Waals surface area (Å²) in [6, 6.07) is 0. The lowest BCUT2D eigenvalue weighted by Crippen LogP contribution is -2.06. The Morgan fingerprint density at radius 1 is 1.00 bits per heavy atom. The van der Waals surface area contributed by atoms with Crippen molar-refractivity contribution in [2.24, 2.45) is 0 Å². The van der Waals surface area contributed by atoms with Crippen molar-refractivity contribution in [3.8, 4) is 0 Å². The van der Waals surface area contributed by atoms with E-state index in [9.17, 15) is 0 Å². The molecule has 80 valence electrons. The molecule has 0 radical (unpaired) electrons. The predicted octanol–water partition coefficient (Wildman–Crippen LogP) is 0.762. The molecule has 0 aromatic carbocycles. The number of rotatable bonds is 4. The molecule has 2 heterocycles. The average molecular weight is 208 g/mol. The van der Waals surface area contributed by atoms with Crippen molar-refractivity contribution >= 4 is 0 Å². The molecule has 0 fully saturated rings. The Labute approximate surface area is 86.2 Å². The van der Waals surface area contributed by atoms with Gasteiger partial charge >= 0.3 is 0 Å². The summed E-state index contributed by atoms with van der Waals surface area (Å²) in [5.74, 6) is 0. The third kappa shape index (κ3) is 2.18. The van der Waals surface area contributed by atoms with Crippen LogP contribution in [0.25, 0.3) is 0 Å². The molecule has 7 nitrogen and oxygen atoms in total. The molecule has 0 spiro atoms. The quantitative estimate of drug-likeness (QED) is 0.773. The Kier molecular flexibility index (Phi) is 2.72. The monoisotopic (exact) mass is 208 g/mol. The Hall–Kier alpha value is -1.76. The second-order valence-corrected chi connectivity index (χ2v) is 3.22. The van der Waals surface area contributed by atoms with Crippen LogP contribution >= 0.6 is 0 Å². The lowest BCUT2D eigenvalue weighted by molar-refractivity contribution is 0.00123. The van der Waals surface area contributed by atoms with Crippen molar-refractivity contribution in [2.45, 2.75) is 26.1 Å². The predicted molar refractivity (Wildman–Crippen MR) is 50.7 cm³/mol. The van der Waals surface area contributed by atoms with Gasteiger partial charge in [-0.25, -0.2) is 0 Å². The van der Waals surface area contributed by atoms with Gasteiger partial charge in [0, 0.05) is 12.4 Å². The molecule has 2 aromatic rings. The lowest BCUT2D eigenvalue weighted by atomic mass is 10.2. The van der Waals surface area contributed by atoms with Crippen LogP contribution in [0.4, 0.5) is 0 Å². The second-order valence-electron chi connectivity index (χ2n) is 3.22. The summed E-state index contributed by atoms with van der Waals surface area (Å²) in [5.41, 5.74) is 1.54. The number of hydrogen-bond donors (Lipinski definition) is 2. The van der Waals surface area contributed by atoms with Gasteiger partial charge in [-0.1, -0.05) is 10.4 Å². The maximum absolute atomic E-state index is 5.69. The summed E-state index contributed by atoms with van der Waals surface area (Å²) in [5, 5.41) is 20.3. The van der Waals surface area contributed by atoms with Crippen LogP contribution in [0.15, 0.2) is 12.4 Å². The van der Waals surface area contributed by atoms with Crippen molar-refractivity contribution in [3.63, 3.8) is 0 Å². The molecule has 0 bridgehead atoms. The van der Waals surface area contributed by atoms with Gasteiger partial charge in [0.05, 0.1) is 0 Å². The zero-order chi connectivity index (χ0) is 10.7. The number of nitrogens with one attached hydrogen (secondary N) is 2. The first-order chi connectivity index (χ1) is 7.27. The maximum Gasteiger partial charge on any atom is 0.111 e. The van der Waals surface area contributed by atoms with E-state index >= 15 is 0 Å². The van der Waals surface area contributed by atoms with Crippen LogP contribution in [0.2, 0.25) is 0 Å². The zero-order valence-electron chi connectivity index (χ0n) is 8.51. The van der Waals surface area contributed by atoms with Crippen LogP contribution in [0.1, 0.15) is 37.4 Å². The molecule has 2 N–H and O–H groups in total. The molecule has 0 saturated carbocycles. The highest BCUT2D eigenvalue weighted by Gasteiger charge is 2.15. The number of ether oxygens (including phenoxy) is 1.